The number of benzene rings is 2. The van der Waals surface area contributed by atoms with Gasteiger partial charge in [0.15, 0.2) is 0 Å². The van der Waals surface area contributed by atoms with E-state index in [0.29, 0.717) is 11.1 Å². The number of anilines is 1. The van der Waals surface area contributed by atoms with Crippen LogP contribution in [0.2, 0.25) is 0 Å². The van der Waals surface area contributed by atoms with Gasteiger partial charge in [0.25, 0.3) is 0 Å². The molecule has 134 valence electrons. The number of nitrogens with zero attached hydrogens (tertiary/aromatic N) is 2. The summed E-state index contributed by atoms with van der Waals surface area (Å²) >= 11 is 0. The number of fused-ring (bicyclic) bond motifs is 2. The van der Waals surface area contributed by atoms with Crippen LogP contribution in [0.1, 0.15) is 35.1 Å². The molecule has 27 heavy (non-hydrogen) atoms. The fourth-order valence-corrected chi connectivity index (χ4v) is 4.74. The summed E-state index contributed by atoms with van der Waals surface area (Å²) in [6.45, 7) is 4.18. The molecular formula is C23H20N2O2. The molecule has 0 bridgehead atoms. The molecular weight excluding hydrogens is 336 g/mol. The summed E-state index contributed by atoms with van der Waals surface area (Å²) in [6.07, 6.45) is 4.31. The highest BCUT2D eigenvalue weighted by Gasteiger charge is 2.28. The van der Waals surface area contributed by atoms with Crippen molar-refractivity contribution in [1.82, 2.24) is 0 Å². The van der Waals surface area contributed by atoms with E-state index in [0.717, 1.165) is 54.4 Å². The van der Waals surface area contributed by atoms with Crippen molar-refractivity contribution in [1.29, 1.82) is 5.26 Å². The smallest absolute Gasteiger partial charge is 0.344 e. The van der Waals surface area contributed by atoms with Crippen molar-refractivity contribution < 1.29 is 4.42 Å². The van der Waals surface area contributed by atoms with E-state index in [-0.39, 0.29) is 5.63 Å². The van der Waals surface area contributed by atoms with Crippen LogP contribution in [-0.2, 0) is 12.8 Å². The predicted molar refractivity (Wildman–Crippen MR) is 106 cm³/mol. The van der Waals surface area contributed by atoms with Crippen LogP contribution in [-0.4, -0.2) is 13.1 Å². The first kappa shape index (κ1) is 16.1. The van der Waals surface area contributed by atoms with Gasteiger partial charge in [-0.1, -0.05) is 12.1 Å². The predicted octanol–water partition coefficient (Wildman–Crippen LogP) is 4.34. The molecule has 0 fully saturated rings. The summed E-state index contributed by atoms with van der Waals surface area (Å²) in [5.74, 6) is 0. The molecule has 2 aliphatic rings. The molecule has 0 saturated heterocycles. The van der Waals surface area contributed by atoms with Crippen LogP contribution in [0, 0.1) is 18.3 Å². The Morgan fingerprint density at radius 1 is 1.15 bits per heavy atom. The Kier molecular flexibility index (Phi) is 3.58. The minimum absolute atomic E-state index is 0.320. The zero-order valence-corrected chi connectivity index (χ0v) is 15.3. The SMILES string of the molecule is Cc1c(-c2cccc(C#N)c2)c(=O)oc2c3c4c(cc12)CCCN4CCC3. The minimum atomic E-state index is -0.320. The quantitative estimate of drug-likeness (QED) is 0.609. The molecule has 3 heterocycles. The molecule has 0 atom stereocenters. The van der Waals surface area contributed by atoms with E-state index in [9.17, 15) is 10.1 Å². The summed E-state index contributed by atoms with van der Waals surface area (Å²) in [7, 11) is 0. The van der Waals surface area contributed by atoms with Gasteiger partial charge in [0.05, 0.1) is 17.2 Å². The first-order valence-corrected chi connectivity index (χ1v) is 9.55. The average Bonchev–Trinajstić information content (AvgIpc) is 2.69. The van der Waals surface area contributed by atoms with Gasteiger partial charge in [0, 0.05) is 29.7 Å². The monoisotopic (exact) mass is 356 g/mol. The van der Waals surface area contributed by atoms with Gasteiger partial charge >= 0.3 is 5.63 Å². The molecule has 0 aliphatic carbocycles. The van der Waals surface area contributed by atoms with Crippen LogP contribution in [0.3, 0.4) is 0 Å². The lowest BCUT2D eigenvalue weighted by atomic mass is 9.88. The van der Waals surface area contributed by atoms with Crippen LogP contribution in [0.4, 0.5) is 5.69 Å². The number of hydrogen-bond donors (Lipinski definition) is 0. The van der Waals surface area contributed by atoms with Gasteiger partial charge < -0.3 is 9.32 Å². The second kappa shape index (κ2) is 5.99. The average molecular weight is 356 g/mol. The molecule has 3 aromatic rings. The zero-order valence-electron chi connectivity index (χ0n) is 15.3. The molecule has 0 unspecified atom stereocenters. The van der Waals surface area contributed by atoms with Gasteiger partial charge in [-0.3, -0.25) is 0 Å². The van der Waals surface area contributed by atoms with Gasteiger partial charge in [-0.2, -0.15) is 5.26 Å². The van der Waals surface area contributed by atoms with Gasteiger partial charge in [0.1, 0.15) is 5.58 Å². The number of nitriles is 1. The van der Waals surface area contributed by atoms with E-state index in [4.69, 9.17) is 4.42 Å². The van der Waals surface area contributed by atoms with Gasteiger partial charge in [-0.15, -0.1) is 0 Å². The molecule has 2 aromatic carbocycles. The third-order valence-electron chi connectivity index (χ3n) is 5.93. The zero-order chi connectivity index (χ0) is 18.5. The lowest BCUT2D eigenvalue weighted by Gasteiger charge is -2.37. The Morgan fingerprint density at radius 2 is 1.96 bits per heavy atom. The second-order valence-electron chi connectivity index (χ2n) is 7.52. The Bertz CT molecular complexity index is 1180. The summed E-state index contributed by atoms with van der Waals surface area (Å²) in [4.78, 5) is 15.4. The van der Waals surface area contributed by atoms with E-state index in [2.05, 4.69) is 17.0 Å². The molecule has 0 saturated carbocycles. The standard InChI is InChI=1S/C23H20N2O2/c1-14-19-12-17-7-3-9-25-10-4-8-18(21(17)25)22(19)27-23(26)20(14)16-6-2-5-15(11-16)13-24/h2,5-6,11-12H,3-4,7-10H2,1H3. The summed E-state index contributed by atoms with van der Waals surface area (Å²) in [5, 5.41) is 10.2. The fourth-order valence-electron chi connectivity index (χ4n) is 4.74. The summed E-state index contributed by atoms with van der Waals surface area (Å²) in [5.41, 5.74) is 7.11. The first-order chi connectivity index (χ1) is 13.2. The molecule has 4 heteroatoms. The van der Waals surface area contributed by atoms with E-state index in [1.54, 1.807) is 12.1 Å². The van der Waals surface area contributed by atoms with Gasteiger partial charge in [0.2, 0.25) is 0 Å². The Hall–Kier alpha value is -3.06. The maximum absolute atomic E-state index is 12.9. The van der Waals surface area contributed by atoms with Crippen LogP contribution in [0.15, 0.2) is 39.5 Å². The molecule has 0 radical (unpaired) electrons. The Balaban J connectivity index is 1.83. The molecule has 0 N–H and O–H groups in total. The molecule has 0 amide bonds. The molecule has 4 nitrogen and oxygen atoms in total. The number of hydrogen-bond acceptors (Lipinski definition) is 4. The summed E-state index contributed by atoms with van der Waals surface area (Å²) < 4.78 is 5.91. The van der Waals surface area contributed by atoms with Crippen LogP contribution in [0.25, 0.3) is 22.1 Å². The lowest BCUT2D eigenvalue weighted by molar-refractivity contribution is 0.551. The topological polar surface area (TPSA) is 57.2 Å². The van der Waals surface area contributed by atoms with Crippen molar-refractivity contribution in [2.45, 2.75) is 32.6 Å². The highest BCUT2D eigenvalue weighted by Crippen LogP contribution is 2.41. The lowest BCUT2D eigenvalue weighted by Crippen LogP contribution is -2.34. The molecule has 5 rings (SSSR count). The number of rotatable bonds is 1. The maximum atomic E-state index is 12.9. The van der Waals surface area contributed by atoms with Crippen molar-refractivity contribution in [3.8, 4) is 17.2 Å². The van der Waals surface area contributed by atoms with Crippen LogP contribution < -0.4 is 10.5 Å². The third-order valence-corrected chi connectivity index (χ3v) is 5.93. The summed E-state index contributed by atoms with van der Waals surface area (Å²) in [6, 6.07) is 11.6. The fraction of sp³-hybridized carbons (Fsp3) is 0.304. The first-order valence-electron chi connectivity index (χ1n) is 9.55. The normalized spacial score (nSPS) is 15.5. The van der Waals surface area contributed by atoms with E-state index < -0.39 is 0 Å². The highest BCUT2D eigenvalue weighted by atomic mass is 16.4. The van der Waals surface area contributed by atoms with E-state index in [1.807, 2.05) is 19.1 Å². The van der Waals surface area contributed by atoms with Crippen molar-refractivity contribution in [3.05, 3.63) is 63.0 Å². The molecule has 1 aromatic heterocycles. The second-order valence-corrected chi connectivity index (χ2v) is 7.52. The Labute approximate surface area is 157 Å². The maximum Gasteiger partial charge on any atom is 0.344 e. The number of aryl methyl sites for hydroxylation is 3. The van der Waals surface area contributed by atoms with Gasteiger partial charge in [-0.25, -0.2) is 4.79 Å². The van der Waals surface area contributed by atoms with Gasteiger partial charge in [-0.05, 0) is 67.5 Å². The highest BCUT2D eigenvalue weighted by molar-refractivity contribution is 5.93. The van der Waals surface area contributed by atoms with Crippen molar-refractivity contribution in [3.63, 3.8) is 0 Å². The van der Waals surface area contributed by atoms with E-state index >= 15 is 0 Å². The molecule has 0 spiro atoms. The van der Waals surface area contributed by atoms with Crippen molar-refractivity contribution in [2.75, 3.05) is 18.0 Å². The Morgan fingerprint density at radius 3 is 2.78 bits per heavy atom. The van der Waals surface area contributed by atoms with Crippen molar-refractivity contribution in [2.24, 2.45) is 0 Å². The van der Waals surface area contributed by atoms with E-state index in [1.165, 1.54) is 23.2 Å². The van der Waals surface area contributed by atoms with Crippen LogP contribution >= 0.6 is 0 Å². The van der Waals surface area contributed by atoms with Crippen LogP contribution in [0.5, 0.6) is 0 Å². The largest absolute Gasteiger partial charge is 0.422 e. The van der Waals surface area contributed by atoms with Crippen molar-refractivity contribution >= 4 is 16.7 Å². The minimum Gasteiger partial charge on any atom is -0.422 e. The molecule has 2 aliphatic heterocycles. The third kappa shape index (κ3) is 2.39.